The van der Waals surface area contributed by atoms with Crippen LogP contribution in [-0.4, -0.2) is 24.1 Å². The van der Waals surface area contributed by atoms with E-state index in [9.17, 15) is 5.48 Å². The number of nitrogens with zero attached hydrogens (tertiary/aromatic N) is 5. The van der Waals surface area contributed by atoms with Crippen LogP contribution in [-0.2, 0) is 0 Å². The lowest BCUT2D eigenvalue weighted by molar-refractivity contribution is 0.668. The van der Waals surface area contributed by atoms with E-state index in [0.29, 0.717) is 32.6 Å². The van der Waals surface area contributed by atoms with Gasteiger partial charge in [-0.25, -0.2) is 4.98 Å². The van der Waals surface area contributed by atoms with Gasteiger partial charge in [-0.15, -0.1) is 0 Å². The van der Waals surface area contributed by atoms with E-state index in [1.54, 1.807) is 60.7 Å². The van der Waals surface area contributed by atoms with Gasteiger partial charge in [-0.1, -0.05) is 157 Å². The SMILES string of the molecule is [2H]c1c([2H])c([2H])c(-c2nc(-c3c([2H])c([2H])c([2H])c([2H])c3[2H])nc(-n3c4ccccc4c4ccc5c6ccccc6n(-c6c([2H])c(-c7c([2H])c([2H])c([2H])c([2H])c7[2H])c7c(oc8c([2H])c([2H])c([2H])c([2H])c87)c6[2H])c5c43)n2)c([2H])c1[2H]. The van der Waals surface area contributed by atoms with Crippen molar-refractivity contribution in [2.75, 3.05) is 0 Å². The highest BCUT2D eigenvalue weighted by atomic mass is 16.3. The second-order valence-electron chi connectivity index (χ2n) is 12.8. The maximum atomic E-state index is 10.3. The molecule has 4 heterocycles. The molecule has 0 atom stereocenters. The van der Waals surface area contributed by atoms with Gasteiger partial charge in [0.2, 0.25) is 5.95 Å². The van der Waals surface area contributed by atoms with Crippen LogP contribution in [0.2, 0.25) is 0 Å². The minimum atomic E-state index is -0.781. The molecule has 0 fully saturated rings. The molecule has 0 amide bonds. The van der Waals surface area contributed by atoms with E-state index in [0.717, 1.165) is 0 Å². The Balaban J connectivity index is 1.32. The zero-order chi connectivity index (χ0) is 55.7. The Morgan fingerprint density at radius 3 is 1.60 bits per heavy atom. The number of furan rings is 1. The summed E-state index contributed by atoms with van der Waals surface area (Å²) >= 11 is 0. The number of fused-ring (bicyclic) bond motifs is 10. The Morgan fingerprint density at radius 2 is 0.965 bits per heavy atom. The minimum absolute atomic E-state index is 0.202. The van der Waals surface area contributed by atoms with Crippen LogP contribution in [0.5, 0.6) is 0 Å². The zero-order valence-electron chi connectivity index (χ0n) is 49.9. The maximum Gasteiger partial charge on any atom is 0.238 e. The summed E-state index contributed by atoms with van der Waals surface area (Å²) in [7, 11) is 0. The Hall–Kier alpha value is -7.83. The fourth-order valence-electron chi connectivity index (χ4n) is 7.49. The third-order valence-electron chi connectivity index (χ3n) is 9.77. The van der Waals surface area contributed by atoms with Gasteiger partial charge in [0.15, 0.2) is 11.6 Å². The number of hydrogen-bond acceptors (Lipinski definition) is 4. The number of benzene rings is 8. The maximum absolute atomic E-state index is 10.3. The van der Waals surface area contributed by atoms with E-state index in [-0.39, 0.29) is 33.4 Å². The minimum Gasteiger partial charge on any atom is -0.456 e. The monoisotopic (exact) mass is 750 g/mol. The topological polar surface area (TPSA) is 61.7 Å². The molecule has 8 aromatic carbocycles. The van der Waals surface area contributed by atoms with E-state index in [2.05, 4.69) is 4.98 Å². The second kappa shape index (κ2) is 12.3. The first-order valence-corrected chi connectivity index (χ1v) is 17.4. The van der Waals surface area contributed by atoms with E-state index >= 15 is 0 Å². The number of hydrogen-bond donors (Lipinski definition) is 0. The molecule has 0 N–H and O–H groups in total. The highest BCUT2D eigenvalue weighted by Crippen LogP contribution is 2.44. The van der Waals surface area contributed by atoms with Gasteiger partial charge in [-0.2, -0.15) is 9.97 Å². The van der Waals surface area contributed by atoms with E-state index in [1.165, 1.54) is 9.13 Å². The van der Waals surface area contributed by atoms with Gasteiger partial charge in [0, 0.05) is 49.5 Å². The molecule has 12 rings (SSSR count). The molecule has 57 heavy (non-hydrogen) atoms. The summed E-state index contributed by atoms with van der Waals surface area (Å²) in [6.07, 6.45) is 0. The van der Waals surface area contributed by atoms with Crippen LogP contribution < -0.4 is 0 Å². The van der Waals surface area contributed by atoms with Crippen molar-refractivity contribution in [2.45, 2.75) is 0 Å². The van der Waals surface area contributed by atoms with Crippen molar-refractivity contribution in [3.8, 4) is 45.5 Å². The summed E-state index contributed by atoms with van der Waals surface area (Å²) < 4.78 is 196. The van der Waals surface area contributed by atoms with Gasteiger partial charge in [0.05, 0.1) is 56.5 Å². The first-order chi connectivity index (χ1) is 37.0. The highest BCUT2D eigenvalue weighted by molar-refractivity contribution is 6.24. The van der Waals surface area contributed by atoms with Crippen LogP contribution in [0.25, 0.3) is 111 Å². The Kier molecular flexibility index (Phi) is 3.75. The molecule has 0 bridgehead atoms. The molecule has 0 radical (unpaired) electrons. The number of aromatic nitrogens is 5. The van der Waals surface area contributed by atoms with Gasteiger partial charge in [0.1, 0.15) is 11.2 Å². The molecule has 6 nitrogen and oxygen atoms in total. The molecule has 6 heteroatoms. The quantitative estimate of drug-likeness (QED) is 0.176. The lowest BCUT2D eigenvalue weighted by Gasteiger charge is -2.14. The average molecular weight is 751 g/mol. The van der Waals surface area contributed by atoms with E-state index in [1.807, 2.05) is 0 Å². The fourth-order valence-corrected chi connectivity index (χ4v) is 7.49. The van der Waals surface area contributed by atoms with Crippen molar-refractivity contribution < 1.29 is 33.2 Å². The summed E-state index contributed by atoms with van der Waals surface area (Å²) in [5.74, 6) is -1.46. The molecule has 4 aromatic heterocycles. The number of rotatable bonds is 5. The van der Waals surface area contributed by atoms with E-state index in [4.69, 9.17) is 37.7 Å². The van der Waals surface area contributed by atoms with Crippen LogP contribution in [0.4, 0.5) is 0 Å². The third-order valence-corrected chi connectivity index (χ3v) is 9.77. The molecule has 0 aliphatic heterocycles. The highest BCUT2D eigenvalue weighted by Gasteiger charge is 2.24. The molecule has 12 aromatic rings. The predicted molar refractivity (Wildman–Crippen MR) is 232 cm³/mol. The van der Waals surface area contributed by atoms with Crippen LogP contribution >= 0.6 is 0 Å². The van der Waals surface area contributed by atoms with Crippen molar-refractivity contribution in [1.29, 1.82) is 0 Å². The lowest BCUT2D eigenvalue weighted by atomic mass is 9.98. The van der Waals surface area contributed by atoms with Crippen LogP contribution in [0.15, 0.2) is 192 Å². The van der Waals surface area contributed by atoms with Crippen molar-refractivity contribution in [1.82, 2.24) is 24.1 Å². The van der Waals surface area contributed by atoms with Crippen molar-refractivity contribution in [2.24, 2.45) is 0 Å². The van der Waals surface area contributed by atoms with Gasteiger partial charge >= 0.3 is 0 Å². The Morgan fingerprint density at radius 1 is 0.439 bits per heavy atom. The third kappa shape index (κ3) is 4.81. The molecule has 0 saturated carbocycles. The van der Waals surface area contributed by atoms with Crippen LogP contribution in [0, 0.1) is 0 Å². The number of para-hydroxylation sites is 3. The fraction of sp³-hybridized carbons (Fsp3) is 0. The first-order valence-electron chi connectivity index (χ1n) is 27.9. The smallest absolute Gasteiger partial charge is 0.238 e. The molecule has 0 aliphatic rings. The van der Waals surface area contributed by atoms with E-state index < -0.39 is 172 Å². The normalized spacial score (nSPS) is 17.0. The average Bonchev–Trinajstić information content (AvgIpc) is 4.20. The predicted octanol–water partition coefficient (Wildman–Crippen LogP) is 13.0. The van der Waals surface area contributed by atoms with Crippen molar-refractivity contribution >= 4 is 65.6 Å². The van der Waals surface area contributed by atoms with Crippen LogP contribution in [0.3, 0.4) is 0 Å². The van der Waals surface area contributed by atoms with Gasteiger partial charge < -0.3 is 8.98 Å². The Labute approximate surface area is 356 Å². The van der Waals surface area contributed by atoms with Gasteiger partial charge in [-0.3, -0.25) is 4.57 Å². The molecular weight excluding hydrogens is 699 g/mol. The second-order valence-corrected chi connectivity index (χ2v) is 12.8. The summed E-state index contributed by atoms with van der Waals surface area (Å²) in [4.78, 5) is 14.0. The van der Waals surface area contributed by atoms with Gasteiger partial charge in [-0.05, 0) is 35.3 Å². The molecule has 0 spiro atoms. The standard InChI is InChI=1S/C51H31N5O/c1-4-16-32(17-5-1)41-30-35(31-45-46(41)40-24-12-15-27-44(40)57-45)55-42-25-13-10-22-36(42)38-28-29-39-37-23-11-14-26-43(37)56(48(39)47(38)55)51-53-49(33-18-6-2-7-19-33)52-50(54-51)34-20-8-3-9-21-34/h1-31H/i1D,2D,3D,4D,5D,6D,7D,8D,9D,12D,15D,16D,17D,18D,19D,20D,21D,24D,27D,30D,31D. The summed E-state index contributed by atoms with van der Waals surface area (Å²) in [6, 6.07) is 2.22. The lowest BCUT2D eigenvalue weighted by Crippen LogP contribution is -2.07. The van der Waals surface area contributed by atoms with Crippen LogP contribution in [0.1, 0.15) is 28.8 Å². The molecule has 0 saturated heterocycles. The molecule has 0 unspecified atom stereocenters. The van der Waals surface area contributed by atoms with Crippen molar-refractivity contribution in [3.63, 3.8) is 0 Å². The summed E-state index contributed by atoms with van der Waals surface area (Å²) in [6.45, 7) is 0. The first kappa shape index (κ1) is 17.3. The molecule has 266 valence electrons. The summed E-state index contributed by atoms with van der Waals surface area (Å²) in [5.41, 5.74) is -2.05. The Bertz CT molecular complexity index is 4600. The van der Waals surface area contributed by atoms with Crippen molar-refractivity contribution in [3.05, 3.63) is 188 Å². The zero-order valence-corrected chi connectivity index (χ0v) is 28.9. The molecular formula is C51H31N5O. The largest absolute Gasteiger partial charge is 0.456 e. The summed E-state index contributed by atoms with van der Waals surface area (Å²) in [5, 5.41) is 1.38. The van der Waals surface area contributed by atoms with Gasteiger partial charge in [0.25, 0.3) is 0 Å². The molecule has 0 aliphatic carbocycles.